The zero-order valence-corrected chi connectivity index (χ0v) is 8.07. The van der Waals surface area contributed by atoms with Gasteiger partial charge >= 0.3 is 5.69 Å². The molecule has 1 aromatic heterocycles. The Labute approximate surface area is 79.6 Å². The van der Waals surface area contributed by atoms with Gasteiger partial charge in [0, 0.05) is 14.1 Å². The van der Waals surface area contributed by atoms with Crippen molar-refractivity contribution in [2.75, 3.05) is 7.11 Å². The molecule has 1 rings (SSSR count). The number of ether oxygens (including phenoxy) is 1. The van der Waals surface area contributed by atoms with Gasteiger partial charge in [0.05, 0.1) is 7.11 Å². The van der Waals surface area contributed by atoms with Crippen molar-refractivity contribution in [1.82, 2.24) is 9.13 Å². The number of hydrogen-bond acceptors (Lipinski definition) is 4. The summed E-state index contributed by atoms with van der Waals surface area (Å²) in [6.45, 7) is 0. The van der Waals surface area contributed by atoms with Gasteiger partial charge in [-0.25, -0.2) is 4.79 Å². The molecule has 0 aromatic carbocycles. The Balaban J connectivity index is 3.87. The highest BCUT2D eigenvalue weighted by Crippen LogP contribution is 2.08. The Morgan fingerprint density at radius 2 is 1.86 bits per heavy atom. The lowest BCUT2D eigenvalue weighted by Crippen LogP contribution is -2.38. The number of aromatic nitrogens is 2. The van der Waals surface area contributed by atoms with Crippen LogP contribution in [0, 0.1) is 11.3 Å². The summed E-state index contributed by atoms with van der Waals surface area (Å²) in [6, 6.07) is 1.71. The summed E-state index contributed by atoms with van der Waals surface area (Å²) in [5.74, 6) is -0.0133. The molecule has 0 aliphatic heterocycles. The molecule has 74 valence electrons. The third kappa shape index (κ3) is 1.19. The lowest BCUT2D eigenvalue weighted by atomic mass is 10.3. The molecule has 0 aliphatic rings. The molecule has 14 heavy (non-hydrogen) atoms. The first kappa shape index (κ1) is 10.1. The molecule has 0 unspecified atom stereocenters. The SMILES string of the molecule is COc1c(C#N)c(=O)n(C)c(=O)n1C. The van der Waals surface area contributed by atoms with Crippen LogP contribution < -0.4 is 16.0 Å². The molecule has 1 aromatic rings. The maximum absolute atomic E-state index is 11.4. The molecule has 1 heterocycles. The molecule has 6 heteroatoms. The normalized spacial score (nSPS) is 9.57. The fourth-order valence-electron chi connectivity index (χ4n) is 1.16. The number of rotatable bonds is 1. The summed E-state index contributed by atoms with van der Waals surface area (Å²) in [7, 11) is 4.04. The summed E-state index contributed by atoms with van der Waals surface area (Å²) < 4.78 is 6.78. The van der Waals surface area contributed by atoms with E-state index in [1.54, 1.807) is 6.07 Å². The number of nitriles is 1. The monoisotopic (exact) mass is 195 g/mol. The molecule has 0 fully saturated rings. The minimum Gasteiger partial charge on any atom is -0.481 e. The predicted molar refractivity (Wildman–Crippen MR) is 48.2 cm³/mol. The summed E-state index contributed by atoms with van der Waals surface area (Å²) in [6.07, 6.45) is 0. The largest absolute Gasteiger partial charge is 0.481 e. The van der Waals surface area contributed by atoms with E-state index in [1.807, 2.05) is 0 Å². The highest BCUT2D eigenvalue weighted by Gasteiger charge is 2.15. The van der Waals surface area contributed by atoms with Crippen LogP contribution in [0.1, 0.15) is 5.56 Å². The molecule has 0 spiro atoms. The van der Waals surface area contributed by atoms with Crippen LogP contribution in [0.3, 0.4) is 0 Å². The molecule has 0 bridgehead atoms. The first-order valence-electron chi connectivity index (χ1n) is 3.78. The maximum Gasteiger partial charge on any atom is 0.333 e. The van der Waals surface area contributed by atoms with E-state index in [9.17, 15) is 9.59 Å². The van der Waals surface area contributed by atoms with Gasteiger partial charge in [-0.05, 0) is 0 Å². The standard InChI is InChI=1S/C8H9N3O3/c1-10-6(12)5(4-9)7(14-3)11(2)8(10)13/h1-3H3. The highest BCUT2D eigenvalue weighted by atomic mass is 16.5. The molecule has 0 saturated heterocycles. The molecule has 0 amide bonds. The van der Waals surface area contributed by atoms with Crippen molar-refractivity contribution in [3.8, 4) is 11.9 Å². The number of hydrogen-bond donors (Lipinski definition) is 0. The number of nitrogens with zero attached hydrogens (tertiary/aromatic N) is 3. The third-order valence-electron chi connectivity index (χ3n) is 1.92. The van der Waals surface area contributed by atoms with E-state index in [1.165, 1.54) is 21.2 Å². The zero-order valence-electron chi connectivity index (χ0n) is 8.07. The Morgan fingerprint density at radius 3 is 2.29 bits per heavy atom. The number of methoxy groups -OCH3 is 1. The van der Waals surface area contributed by atoms with Crippen LogP contribution in [0.4, 0.5) is 0 Å². The predicted octanol–water partition coefficient (Wildman–Crippen LogP) is -1.04. The van der Waals surface area contributed by atoms with Gasteiger partial charge in [-0.3, -0.25) is 13.9 Å². The summed E-state index contributed by atoms with van der Waals surface area (Å²) in [5, 5.41) is 8.71. The zero-order chi connectivity index (χ0) is 10.9. The molecule has 0 N–H and O–H groups in total. The second-order valence-electron chi connectivity index (χ2n) is 2.70. The molecule has 0 saturated carbocycles. The van der Waals surface area contributed by atoms with Crippen LogP contribution in [0.25, 0.3) is 0 Å². The van der Waals surface area contributed by atoms with Crippen molar-refractivity contribution in [2.45, 2.75) is 0 Å². The van der Waals surface area contributed by atoms with Crippen LogP contribution in [0.5, 0.6) is 5.88 Å². The first-order chi connectivity index (χ1) is 6.54. The average molecular weight is 195 g/mol. The second-order valence-corrected chi connectivity index (χ2v) is 2.70. The molecular weight excluding hydrogens is 186 g/mol. The average Bonchev–Trinajstić information content (AvgIpc) is 2.20. The van der Waals surface area contributed by atoms with Crippen molar-refractivity contribution in [1.29, 1.82) is 5.26 Å². The van der Waals surface area contributed by atoms with Gasteiger partial charge in [0.25, 0.3) is 5.56 Å². The van der Waals surface area contributed by atoms with E-state index in [-0.39, 0.29) is 11.4 Å². The fraction of sp³-hybridized carbons (Fsp3) is 0.375. The van der Waals surface area contributed by atoms with E-state index in [0.29, 0.717) is 0 Å². The van der Waals surface area contributed by atoms with Crippen molar-refractivity contribution in [2.24, 2.45) is 14.1 Å². The van der Waals surface area contributed by atoms with E-state index < -0.39 is 11.2 Å². The lowest BCUT2D eigenvalue weighted by Gasteiger charge is -2.08. The molecular formula is C8H9N3O3. The molecule has 0 atom stereocenters. The van der Waals surface area contributed by atoms with Crippen molar-refractivity contribution >= 4 is 0 Å². The second kappa shape index (κ2) is 3.38. The van der Waals surface area contributed by atoms with Gasteiger partial charge in [-0.2, -0.15) is 5.26 Å². The molecule has 0 radical (unpaired) electrons. The Bertz CT molecular complexity index is 518. The smallest absolute Gasteiger partial charge is 0.333 e. The van der Waals surface area contributed by atoms with Gasteiger partial charge in [0.1, 0.15) is 6.07 Å². The first-order valence-corrected chi connectivity index (χ1v) is 3.78. The van der Waals surface area contributed by atoms with Crippen molar-refractivity contribution in [3.05, 3.63) is 26.4 Å². The van der Waals surface area contributed by atoms with E-state index in [0.717, 1.165) is 9.13 Å². The maximum atomic E-state index is 11.4. The Hall–Kier alpha value is -2.03. The van der Waals surface area contributed by atoms with E-state index >= 15 is 0 Å². The van der Waals surface area contributed by atoms with E-state index in [4.69, 9.17) is 10.00 Å². The van der Waals surface area contributed by atoms with Gasteiger partial charge in [-0.1, -0.05) is 0 Å². The van der Waals surface area contributed by atoms with Gasteiger partial charge in [-0.15, -0.1) is 0 Å². The van der Waals surface area contributed by atoms with Crippen LogP contribution in [0.2, 0.25) is 0 Å². The Morgan fingerprint density at radius 1 is 1.29 bits per heavy atom. The summed E-state index contributed by atoms with van der Waals surface area (Å²) >= 11 is 0. The van der Waals surface area contributed by atoms with Crippen molar-refractivity contribution < 1.29 is 4.74 Å². The molecule has 6 nitrogen and oxygen atoms in total. The highest BCUT2D eigenvalue weighted by molar-refractivity contribution is 5.36. The lowest BCUT2D eigenvalue weighted by molar-refractivity contribution is 0.366. The minimum atomic E-state index is -0.646. The van der Waals surface area contributed by atoms with E-state index in [2.05, 4.69) is 0 Å². The van der Waals surface area contributed by atoms with Crippen LogP contribution in [-0.2, 0) is 14.1 Å². The van der Waals surface area contributed by atoms with Crippen LogP contribution in [0.15, 0.2) is 9.59 Å². The summed E-state index contributed by atoms with van der Waals surface area (Å²) in [4.78, 5) is 22.8. The van der Waals surface area contributed by atoms with Crippen LogP contribution in [-0.4, -0.2) is 16.2 Å². The quantitative estimate of drug-likeness (QED) is 0.573. The van der Waals surface area contributed by atoms with Crippen LogP contribution >= 0.6 is 0 Å². The van der Waals surface area contributed by atoms with Gasteiger partial charge in [0.2, 0.25) is 5.88 Å². The Kier molecular flexibility index (Phi) is 2.42. The minimum absolute atomic E-state index is 0.0133. The van der Waals surface area contributed by atoms with Crippen molar-refractivity contribution in [3.63, 3.8) is 0 Å². The van der Waals surface area contributed by atoms with Gasteiger partial charge < -0.3 is 4.74 Å². The third-order valence-corrected chi connectivity index (χ3v) is 1.92. The topological polar surface area (TPSA) is 77.0 Å². The molecule has 0 aliphatic carbocycles. The summed E-state index contributed by atoms with van der Waals surface area (Å²) in [5.41, 5.74) is -1.34. The fourth-order valence-corrected chi connectivity index (χ4v) is 1.16. The van der Waals surface area contributed by atoms with Gasteiger partial charge in [0.15, 0.2) is 5.56 Å².